The number of nitrogens with zero attached hydrogens (tertiary/aromatic N) is 3. The van der Waals surface area contributed by atoms with Crippen LogP contribution in [0.5, 0.6) is 0 Å². The van der Waals surface area contributed by atoms with Crippen LogP contribution in [0.25, 0.3) is 21.9 Å². The standard InChI is InChI=1S/C23H17Cl2N5/c24-17-10-9-15(19(25)11-17)13-30-14-16(18-5-1-4-8-22(18)30)12-26-29-23-27-20-6-2-3-7-21(20)28-23/h1-12,14H,13H2,(H2,27,28,29)/b26-12+. The molecule has 0 spiro atoms. The van der Waals surface area contributed by atoms with E-state index in [0.29, 0.717) is 22.5 Å². The van der Waals surface area contributed by atoms with Crippen molar-refractivity contribution in [3.8, 4) is 0 Å². The first-order chi connectivity index (χ1) is 14.7. The molecule has 0 saturated carbocycles. The highest BCUT2D eigenvalue weighted by molar-refractivity contribution is 6.35. The zero-order valence-corrected chi connectivity index (χ0v) is 17.3. The van der Waals surface area contributed by atoms with Gasteiger partial charge >= 0.3 is 0 Å². The summed E-state index contributed by atoms with van der Waals surface area (Å²) in [6, 6.07) is 21.6. The second-order valence-electron chi connectivity index (χ2n) is 6.94. The smallest absolute Gasteiger partial charge is 0.222 e. The van der Waals surface area contributed by atoms with Crippen molar-refractivity contribution in [3.63, 3.8) is 0 Å². The molecular formula is C23H17Cl2N5. The first-order valence-electron chi connectivity index (χ1n) is 9.43. The van der Waals surface area contributed by atoms with Crippen LogP contribution in [0.3, 0.4) is 0 Å². The zero-order chi connectivity index (χ0) is 20.5. The fourth-order valence-electron chi connectivity index (χ4n) is 3.51. The Hall–Kier alpha value is -3.28. The van der Waals surface area contributed by atoms with Crippen molar-refractivity contribution in [1.29, 1.82) is 0 Å². The number of imidazole rings is 1. The molecule has 30 heavy (non-hydrogen) atoms. The number of aromatic nitrogens is 3. The first-order valence-corrected chi connectivity index (χ1v) is 10.2. The Morgan fingerprint density at radius 1 is 1.03 bits per heavy atom. The Bertz CT molecular complexity index is 1350. The van der Waals surface area contributed by atoms with Crippen molar-refractivity contribution >= 4 is 57.3 Å². The van der Waals surface area contributed by atoms with Gasteiger partial charge in [-0.2, -0.15) is 5.10 Å². The van der Waals surface area contributed by atoms with Gasteiger partial charge < -0.3 is 9.55 Å². The molecule has 148 valence electrons. The summed E-state index contributed by atoms with van der Waals surface area (Å²) in [4.78, 5) is 7.67. The summed E-state index contributed by atoms with van der Waals surface area (Å²) in [5.74, 6) is 0.601. The molecule has 0 saturated heterocycles. The highest BCUT2D eigenvalue weighted by atomic mass is 35.5. The summed E-state index contributed by atoms with van der Waals surface area (Å²) in [5.41, 5.74) is 7.95. The summed E-state index contributed by atoms with van der Waals surface area (Å²) in [7, 11) is 0. The minimum absolute atomic E-state index is 0.601. The number of halogens is 2. The molecule has 2 aromatic heterocycles. The molecule has 5 rings (SSSR count). The second kappa shape index (κ2) is 7.86. The number of anilines is 1. The number of H-pyrrole nitrogens is 1. The fraction of sp³-hybridized carbons (Fsp3) is 0.0435. The monoisotopic (exact) mass is 433 g/mol. The maximum atomic E-state index is 6.38. The van der Waals surface area contributed by atoms with Gasteiger partial charge in [0.2, 0.25) is 5.95 Å². The van der Waals surface area contributed by atoms with Crippen LogP contribution in [-0.4, -0.2) is 20.7 Å². The Kier molecular flexibility index (Phi) is 4.91. The predicted octanol–water partition coefficient (Wildman–Crippen LogP) is 6.32. The summed E-state index contributed by atoms with van der Waals surface area (Å²) < 4.78 is 2.16. The number of nitrogens with one attached hydrogen (secondary N) is 2. The summed E-state index contributed by atoms with van der Waals surface area (Å²) in [6.45, 7) is 0.640. The Morgan fingerprint density at radius 3 is 2.73 bits per heavy atom. The van der Waals surface area contributed by atoms with Gasteiger partial charge in [-0.05, 0) is 35.9 Å². The molecule has 5 aromatic rings. The van der Waals surface area contributed by atoms with Crippen molar-refractivity contribution in [1.82, 2.24) is 14.5 Å². The Labute approximate surface area is 183 Å². The first kappa shape index (κ1) is 18.7. The predicted molar refractivity (Wildman–Crippen MR) is 125 cm³/mol. The maximum absolute atomic E-state index is 6.38. The molecule has 2 N–H and O–H groups in total. The van der Waals surface area contributed by atoms with E-state index in [0.717, 1.165) is 33.1 Å². The molecule has 0 amide bonds. The van der Waals surface area contributed by atoms with Gasteiger partial charge in [0.1, 0.15) is 0 Å². The lowest BCUT2D eigenvalue weighted by Gasteiger charge is -2.08. The highest BCUT2D eigenvalue weighted by Gasteiger charge is 2.09. The van der Waals surface area contributed by atoms with Crippen LogP contribution >= 0.6 is 23.2 Å². The van der Waals surface area contributed by atoms with Gasteiger partial charge in [0.15, 0.2) is 0 Å². The number of hydrazone groups is 1. The molecule has 5 nitrogen and oxygen atoms in total. The lowest BCUT2D eigenvalue weighted by molar-refractivity contribution is 0.836. The summed E-state index contributed by atoms with van der Waals surface area (Å²) in [5, 5.41) is 6.78. The molecule has 0 aliphatic carbocycles. The van der Waals surface area contributed by atoms with Gasteiger partial charge in [0, 0.05) is 39.3 Å². The number of aromatic amines is 1. The normalized spacial score (nSPS) is 11.7. The van der Waals surface area contributed by atoms with Gasteiger partial charge in [0.25, 0.3) is 0 Å². The molecule has 2 heterocycles. The van der Waals surface area contributed by atoms with Crippen LogP contribution in [0.2, 0.25) is 10.0 Å². The van der Waals surface area contributed by atoms with E-state index in [4.69, 9.17) is 23.2 Å². The van der Waals surface area contributed by atoms with Gasteiger partial charge in [-0.15, -0.1) is 0 Å². The van der Waals surface area contributed by atoms with Crippen LogP contribution < -0.4 is 5.43 Å². The van der Waals surface area contributed by atoms with Crippen LogP contribution in [0.1, 0.15) is 11.1 Å². The molecule has 0 unspecified atom stereocenters. The topological polar surface area (TPSA) is 58.0 Å². The van der Waals surface area contributed by atoms with Gasteiger partial charge in [0.05, 0.1) is 17.2 Å². The van der Waals surface area contributed by atoms with Gasteiger partial charge in [-0.25, -0.2) is 10.4 Å². The average molecular weight is 434 g/mol. The lowest BCUT2D eigenvalue weighted by atomic mass is 10.2. The minimum atomic E-state index is 0.601. The number of fused-ring (bicyclic) bond motifs is 2. The number of hydrogen-bond donors (Lipinski definition) is 2. The van der Waals surface area contributed by atoms with Crippen molar-refractivity contribution in [2.45, 2.75) is 6.54 Å². The van der Waals surface area contributed by atoms with E-state index in [1.807, 2.05) is 48.5 Å². The van der Waals surface area contributed by atoms with Crippen molar-refractivity contribution < 1.29 is 0 Å². The molecule has 0 aliphatic heterocycles. The SMILES string of the molecule is Clc1ccc(Cn2cc(/C=N/Nc3nc4ccccc4[nH]3)c3ccccc32)c(Cl)c1. The van der Waals surface area contributed by atoms with Crippen LogP contribution in [-0.2, 0) is 6.54 Å². The van der Waals surface area contributed by atoms with Crippen molar-refractivity contribution in [3.05, 3.63) is 94.1 Å². The maximum Gasteiger partial charge on any atom is 0.222 e. The van der Waals surface area contributed by atoms with E-state index >= 15 is 0 Å². The third-order valence-corrected chi connectivity index (χ3v) is 5.53. The zero-order valence-electron chi connectivity index (χ0n) is 15.8. The Morgan fingerprint density at radius 2 is 1.87 bits per heavy atom. The number of para-hydroxylation sites is 3. The third kappa shape index (κ3) is 3.65. The quantitative estimate of drug-likeness (QED) is 0.251. The van der Waals surface area contributed by atoms with Crippen LogP contribution in [0.4, 0.5) is 5.95 Å². The average Bonchev–Trinajstić information content (AvgIpc) is 3.31. The van der Waals surface area contributed by atoms with Gasteiger partial charge in [-0.3, -0.25) is 0 Å². The molecule has 0 radical (unpaired) electrons. The Balaban J connectivity index is 1.43. The van der Waals surface area contributed by atoms with Gasteiger partial charge in [-0.1, -0.05) is 59.6 Å². The minimum Gasteiger partial charge on any atom is -0.342 e. The molecule has 3 aromatic carbocycles. The molecule has 0 atom stereocenters. The van der Waals surface area contributed by atoms with Crippen molar-refractivity contribution in [2.75, 3.05) is 5.43 Å². The van der Waals surface area contributed by atoms with E-state index in [1.165, 1.54) is 0 Å². The number of rotatable bonds is 5. The number of benzene rings is 3. The second-order valence-corrected chi connectivity index (χ2v) is 7.78. The van der Waals surface area contributed by atoms with E-state index in [2.05, 4.69) is 43.4 Å². The molecule has 0 aliphatic rings. The third-order valence-electron chi connectivity index (χ3n) is 4.94. The summed E-state index contributed by atoms with van der Waals surface area (Å²) >= 11 is 12.4. The van der Waals surface area contributed by atoms with Crippen molar-refractivity contribution in [2.24, 2.45) is 5.10 Å². The molecule has 0 fully saturated rings. The van der Waals surface area contributed by atoms with Crippen LogP contribution in [0.15, 0.2) is 78.0 Å². The molecule has 7 heteroatoms. The largest absolute Gasteiger partial charge is 0.342 e. The highest BCUT2D eigenvalue weighted by Crippen LogP contribution is 2.25. The van der Waals surface area contributed by atoms with E-state index in [9.17, 15) is 0 Å². The van der Waals surface area contributed by atoms with Crippen LogP contribution in [0, 0.1) is 0 Å². The van der Waals surface area contributed by atoms with E-state index < -0.39 is 0 Å². The van der Waals surface area contributed by atoms with E-state index in [-0.39, 0.29) is 0 Å². The summed E-state index contributed by atoms with van der Waals surface area (Å²) in [6.07, 6.45) is 3.87. The molecular weight excluding hydrogens is 417 g/mol. The number of hydrogen-bond acceptors (Lipinski definition) is 3. The molecule has 0 bridgehead atoms. The van der Waals surface area contributed by atoms with E-state index in [1.54, 1.807) is 12.3 Å². The lowest BCUT2D eigenvalue weighted by Crippen LogP contribution is -1.98. The fourth-order valence-corrected chi connectivity index (χ4v) is 3.98.